The van der Waals surface area contributed by atoms with Crippen molar-refractivity contribution in [1.29, 1.82) is 0 Å². The van der Waals surface area contributed by atoms with Gasteiger partial charge in [0.25, 0.3) is 0 Å². The summed E-state index contributed by atoms with van der Waals surface area (Å²) in [5.74, 6) is 0.911. The first-order chi connectivity index (χ1) is 12.0. The van der Waals surface area contributed by atoms with Crippen molar-refractivity contribution in [1.82, 2.24) is 9.80 Å². The van der Waals surface area contributed by atoms with Crippen molar-refractivity contribution >= 4 is 17.5 Å². The summed E-state index contributed by atoms with van der Waals surface area (Å²) in [5, 5.41) is 0. The van der Waals surface area contributed by atoms with E-state index in [-0.39, 0.29) is 11.8 Å². The summed E-state index contributed by atoms with van der Waals surface area (Å²) in [6.07, 6.45) is 2.04. The number of ether oxygens (including phenoxy) is 1. The molecule has 0 aliphatic carbocycles. The lowest BCUT2D eigenvalue weighted by Gasteiger charge is -2.36. The molecule has 0 radical (unpaired) electrons. The predicted molar refractivity (Wildman–Crippen MR) is 98.9 cm³/mol. The van der Waals surface area contributed by atoms with Gasteiger partial charge in [-0.25, -0.2) is 0 Å². The van der Waals surface area contributed by atoms with Gasteiger partial charge in [0.05, 0.1) is 7.11 Å². The van der Waals surface area contributed by atoms with Gasteiger partial charge in [-0.1, -0.05) is 6.08 Å². The molecule has 0 spiro atoms. The van der Waals surface area contributed by atoms with Crippen molar-refractivity contribution in [2.45, 2.75) is 13.3 Å². The number of hydrogen-bond acceptors (Lipinski definition) is 4. The van der Waals surface area contributed by atoms with Crippen LogP contribution in [0.2, 0.25) is 0 Å². The number of anilines is 1. The summed E-state index contributed by atoms with van der Waals surface area (Å²) < 4.78 is 5.18. The lowest BCUT2D eigenvalue weighted by Crippen LogP contribution is -2.49. The predicted octanol–water partition coefficient (Wildman–Crippen LogP) is 1.77. The van der Waals surface area contributed by atoms with Crippen LogP contribution < -0.4 is 9.64 Å². The average molecular weight is 345 g/mol. The van der Waals surface area contributed by atoms with Crippen molar-refractivity contribution in [2.24, 2.45) is 0 Å². The summed E-state index contributed by atoms with van der Waals surface area (Å²) in [6, 6.07) is 7.97. The van der Waals surface area contributed by atoms with E-state index in [1.54, 1.807) is 18.1 Å². The number of carbonyl (C=O) groups excluding carboxylic acids is 2. The van der Waals surface area contributed by atoms with Crippen molar-refractivity contribution in [3.8, 4) is 5.75 Å². The Kier molecular flexibility index (Phi) is 6.86. The molecule has 2 amide bonds. The number of benzene rings is 1. The molecule has 1 saturated heterocycles. The largest absolute Gasteiger partial charge is 0.497 e. The molecular weight excluding hydrogens is 318 g/mol. The van der Waals surface area contributed by atoms with Gasteiger partial charge in [0.1, 0.15) is 5.75 Å². The monoisotopic (exact) mass is 345 g/mol. The Morgan fingerprint density at radius 2 is 1.84 bits per heavy atom. The van der Waals surface area contributed by atoms with E-state index in [2.05, 4.69) is 11.5 Å². The summed E-state index contributed by atoms with van der Waals surface area (Å²) in [7, 11) is 1.65. The zero-order valence-corrected chi connectivity index (χ0v) is 15.1. The van der Waals surface area contributed by atoms with Crippen molar-refractivity contribution in [3.63, 3.8) is 0 Å². The number of amides is 2. The SMILES string of the molecule is C=CCN(CCC(=O)N1CCN(c2ccc(OC)cc2)CC1)C(C)=O. The van der Waals surface area contributed by atoms with E-state index in [1.165, 1.54) is 6.92 Å². The highest BCUT2D eigenvalue weighted by molar-refractivity contribution is 5.78. The maximum Gasteiger partial charge on any atom is 0.224 e. The molecule has 1 fully saturated rings. The first-order valence-electron chi connectivity index (χ1n) is 8.58. The fourth-order valence-corrected chi connectivity index (χ4v) is 2.93. The normalized spacial score (nSPS) is 14.2. The number of rotatable bonds is 7. The molecule has 1 aliphatic rings. The second-order valence-electron chi connectivity index (χ2n) is 6.07. The maximum absolute atomic E-state index is 12.4. The summed E-state index contributed by atoms with van der Waals surface area (Å²) >= 11 is 0. The van der Waals surface area contributed by atoms with Crippen LogP contribution in [0.3, 0.4) is 0 Å². The van der Waals surface area contributed by atoms with Gasteiger partial charge in [-0.3, -0.25) is 9.59 Å². The zero-order chi connectivity index (χ0) is 18.2. The maximum atomic E-state index is 12.4. The minimum atomic E-state index is -0.0305. The molecule has 0 N–H and O–H groups in total. The van der Waals surface area contributed by atoms with Crippen LogP contribution in [-0.4, -0.2) is 68.0 Å². The first kappa shape index (κ1) is 18.8. The highest BCUT2D eigenvalue weighted by atomic mass is 16.5. The summed E-state index contributed by atoms with van der Waals surface area (Å²) in [5.41, 5.74) is 1.14. The highest BCUT2D eigenvalue weighted by Crippen LogP contribution is 2.20. The van der Waals surface area contributed by atoms with Gasteiger partial charge in [-0.15, -0.1) is 6.58 Å². The van der Waals surface area contributed by atoms with Gasteiger partial charge in [0, 0.05) is 58.3 Å². The molecule has 1 aliphatic heterocycles. The third-order valence-electron chi connectivity index (χ3n) is 4.46. The van der Waals surface area contributed by atoms with Crippen LogP contribution in [0.4, 0.5) is 5.69 Å². The minimum absolute atomic E-state index is 0.0305. The Hall–Kier alpha value is -2.50. The highest BCUT2D eigenvalue weighted by Gasteiger charge is 2.22. The van der Waals surface area contributed by atoms with Gasteiger partial charge >= 0.3 is 0 Å². The Morgan fingerprint density at radius 3 is 2.36 bits per heavy atom. The number of hydrogen-bond donors (Lipinski definition) is 0. The van der Waals surface area contributed by atoms with E-state index in [9.17, 15) is 9.59 Å². The first-order valence-corrected chi connectivity index (χ1v) is 8.58. The fraction of sp³-hybridized carbons (Fsp3) is 0.474. The average Bonchev–Trinajstić information content (AvgIpc) is 2.65. The van der Waals surface area contributed by atoms with Crippen LogP contribution in [0.1, 0.15) is 13.3 Å². The number of methoxy groups -OCH3 is 1. The topological polar surface area (TPSA) is 53.1 Å². The van der Waals surface area contributed by atoms with Crippen molar-refractivity contribution < 1.29 is 14.3 Å². The molecule has 0 unspecified atom stereocenters. The Balaban J connectivity index is 1.81. The summed E-state index contributed by atoms with van der Waals surface area (Å²) in [6.45, 7) is 9.10. The molecular formula is C19H27N3O3. The molecule has 25 heavy (non-hydrogen) atoms. The van der Waals surface area contributed by atoms with Crippen LogP contribution in [-0.2, 0) is 9.59 Å². The van der Waals surface area contributed by atoms with Gasteiger partial charge in [0.15, 0.2) is 0 Å². The second kappa shape index (κ2) is 9.11. The van der Waals surface area contributed by atoms with Gasteiger partial charge in [-0.2, -0.15) is 0 Å². The lowest BCUT2D eigenvalue weighted by molar-refractivity contribution is -0.133. The smallest absolute Gasteiger partial charge is 0.224 e. The third kappa shape index (κ3) is 5.24. The molecule has 6 nitrogen and oxygen atoms in total. The van der Waals surface area contributed by atoms with Crippen LogP contribution in [0.25, 0.3) is 0 Å². The van der Waals surface area contributed by atoms with Crippen molar-refractivity contribution in [2.75, 3.05) is 51.3 Å². The van der Waals surface area contributed by atoms with E-state index in [4.69, 9.17) is 4.74 Å². The zero-order valence-electron chi connectivity index (χ0n) is 15.1. The van der Waals surface area contributed by atoms with Crippen LogP contribution in [0.15, 0.2) is 36.9 Å². The minimum Gasteiger partial charge on any atom is -0.497 e. The van der Waals surface area contributed by atoms with Gasteiger partial charge in [-0.05, 0) is 24.3 Å². The molecule has 1 aromatic carbocycles. The Labute approximate surface area is 149 Å². The molecule has 1 aromatic rings. The molecule has 2 rings (SSSR count). The molecule has 0 bridgehead atoms. The van der Waals surface area contributed by atoms with Gasteiger partial charge in [0.2, 0.25) is 11.8 Å². The van der Waals surface area contributed by atoms with E-state index in [1.807, 2.05) is 29.2 Å². The second-order valence-corrected chi connectivity index (χ2v) is 6.07. The Bertz CT molecular complexity index is 592. The molecule has 1 heterocycles. The molecule has 6 heteroatoms. The van der Waals surface area contributed by atoms with E-state index in [0.717, 1.165) is 24.5 Å². The van der Waals surface area contributed by atoms with Gasteiger partial charge < -0.3 is 19.4 Å². The van der Waals surface area contributed by atoms with Crippen molar-refractivity contribution in [3.05, 3.63) is 36.9 Å². The number of carbonyl (C=O) groups is 2. The quantitative estimate of drug-likeness (QED) is 0.707. The van der Waals surface area contributed by atoms with Crippen LogP contribution in [0, 0.1) is 0 Å². The number of piperazine rings is 1. The standard InChI is InChI=1S/C19H27N3O3/c1-4-10-20(16(2)23)11-9-19(24)22-14-12-21(13-15-22)17-5-7-18(25-3)8-6-17/h4-8H,1,9-15H2,2-3H3. The Morgan fingerprint density at radius 1 is 1.20 bits per heavy atom. The van der Waals surface area contributed by atoms with E-state index >= 15 is 0 Å². The fourth-order valence-electron chi connectivity index (χ4n) is 2.93. The number of nitrogens with zero attached hydrogens (tertiary/aromatic N) is 3. The molecule has 0 aromatic heterocycles. The molecule has 0 atom stereocenters. The van der Waals surface area contributed by atoms with E-state index in [0.29, 0.717) is 32.6 Å². The summed E-state index contributed by atoms with van der Waals surface area (Å²) in [4.78, 5) is 29.7. The third-order valence-corrected chi connectivity index (χ3v) is 4.46. The molecule has 136 valence electrons. The van der Waals surface area contributed by atoms with E-state index < -0.39 is 0 Å². The molecule has 0 saturated carbocycles. The van der Waals surface area contributed by atoms with Crippen LogP contribution in [0.5, 0.6) is 5.75 Å². The lowest BCUT2D eigenvalue weighted by atomic mass is 10.2. The van der Waals surface area contributed by atoms with Crippen LogP contribution >= 0.6 is 0 Å².